The molecule has 0 aliphatic carbocycles. The van der Waals surface area contributed by atoms with Gasteiger partial charge in [0.25, 0.3) is 11.1 Å². The van der Waals surface area contributed by atoms with Gasteiger partial charge in [-0.1, -0.05) is 42.0 Å². The highest BCUT2D eigenvalue weighted by Crippen LogP contribution is 2.32. The molecule has 0 N–H and O–H groups in total. The van der Waals surface area contributed by atoms with Crippen LogP contribution in [0.25, 0.3) is 6.08 Å². The van der Waals surface area contributed by atoms with Crippen molar-refractivity contribution in [3.8, 4) is 5.75 Å². The summed E-state index contributed by atoms with van der Waals surface area (Å²) in [6, 6.07) is 15.7. The minimum absolute atomic E-state index is 0.211. The fourth-order valence-corrected chi connectivity index (χ4v) is 3.46. The lowest BCUT2D eigenvalue weighted by Gasteiger charge is -2.08. The van der Waals surface area contributed by atoms with E-state index in [2.05, 4.69) is 19.1 Å². The number of benzene rings is 2. The number of hydrogen-bond donors (Lipinski definition) is 0. The molecule has 1 aliphatic rings. The summed E-state index contributed by atoms with van der Waals surface area (Å²) < 4.78 is 5.79. The van der Waals surface area contributed by atoms with Gasteiger partial charge >= 0.3 is 0 Å². The number of imide groups is 1. The summed E-state index contributed by atoms with van der Waals surface area (Å²) in [5, 5.41) is -0.211. The molecule has 1 saturated heterocycles. The molecule has 1 aliphatic heterocycles. The largest absolute Gasteiger partial charge is 0.489 e. The predicted molar refractivity (Wildman–Crippen MR) is 100 cm³/mol. The minimum Gasteiger partial charge on any atom is -0.489 e. The number of rotatable bonds is 5. The van der Waals surface area contributed by atoms with Crippen LogP contribution in [0.1, 0.15) is 23.6 Å². The van der Waals surface area contributed by atoms with E-state index < -0.39 is 0 Å². The van der Waals surface area contributed by atoms with E-state index >= 15 is 0 Å². The molecule has 1 fully saturated rings. The molecule has 2 amide bonds. The van der Waals surface area contributed by atoms with Gasteiger partial charge < -0.3 is 4.74 Å². The molecule has 0 radical (unpaired) electrons. The van der Waals surface area contributed by atoms with Crippen LogP contribution in [0.4, 0.5) is 4.79 Å². The molecule has 25 heavy (non-hydrogen) atoms. The van der Waals surface area contributed by atoms with E-state index in [0.717, 1.165) is 28.6 Å². The SMILES string of the molecule is CCN1C(=O)SC(=Cc2ccc(OCc3cccc(C)c3)cc2)C1=O. The standard InChI is InChI=1S/C20H19NO3S/c1-3-21-19(22)18(25-20(21)23)12-15-7-9-17(10-8-15)24-13-16-6-4-5-14(2)11-16/h4-12H,3,13H2,1-2H3. The highest BCUT2D eigenvalue weighted by Gasteiger charge is 2.33. The van der Waals surface area contributed by atoms with Crippen LogP contribution in [-0.4, -0.2) is 22.6 Å². The topological polar surface area (TPSA) is 46.6 Å². The second-order valence-electron chi connectivity index (χ2n) is 5.77. The zero-order valence-electron chi connectivity index (χ0n) is 14.2. The molecule has 1 heterocycles. The van der Waals surface area contributed by atoms with Gasteiger partial charge in [0.1, 0.15) is 12.4 Å². The summed E-state index contributed by atoms with van der Waals surface area (Å²) in [4.78, 5) is 25.5. The zero-order chi connectivity index (χ0) is 17.8. The molecule has 0 spiro atoms. The van der Waals surface area contributed by atoms with Crippen LogP contribution >= 0.6 is 11.8 Å². The molecule has 4 nitrogen and oxygen atoms in total. The Labute approximate surface area is 151 Å². The number of nitrogens with zero attached hydrogens (tertiary/aromatic N) is 1. The summed E-state index contributed by atoms with van der Waals surface area (Å²) in [6.07, 6.45) is 1.74. The molecular formula is C20H19NO3S. The van der Waals surface area contributed by atoms with E-state index in [1.54, 1.807) is 13.0 Å². The first-order valence-corrected chi connectivity index (χ1v) is 8.92. The third-order valence-corrected chi connectivity index (χ3v) is 4.76. The van der Waals surface area contributed by atoms with Crippen LogP contribution in [0.15, 0.2) is 53.4 Å². The van der Waals surface area contributed by atoms with Crippen molar-refractivity contribution in [1.29, 1.82) is 0 Å². The molecule has 3 rings (SSSR count). The van der Waals surface area contributed by atoms with E-state index in [1.807, 2.05) is 36.4 Å². The summed E-state index contributed by atoms with van der Waals surface area (Å²) in [5.41, 5.74) is 3.19. The Hall–Kier alpha value is -2.53. The average Bonchev–Trinajstić information content (AvgIpc) is 2.87. The lowest BCUT2D eigenvalue weighted by atomic mass is 10.1. The van der Waals surface area contributed by atoms with Crippen molar-refractivity contribution < 1.29 is 14.3 Å². The number of hydrogen-bond acceptors (Lipinski definition) is 4. The van der Waals surface area contributed by atoms with Gasteiger partial charge in [0.15, 0.2) is 0 Å². The molecule has 0 saturated carbocycles. The number of ether oxygens (including phenoxy) is 1. The normalized spacial score (nSPS) is 15.9. The smallest absolute Gasteiger partial charge is 0.293 e. The Bertz CT molecular complexity index is 827. The Morgan fingerprint density at radius 1 is 1.12 bits per heavy atom. The first-order chi connectivity index (χ1) is 12.1. The molecule has 0 unspecified atom stereocenters. The maximum absolute atomic E-state index is 12.1. The molecular weight excluding hydrogens is 334 g/mol. The van der Waals surface area contributed by atoms with Crippen molar-refractivity contribution >= 4 is 29.0 Å². The van der Waals surface area contributed by atoms with Crippen molar-refractivity contribution in [1.82, 2.24) is 4.90 Å². The van der Waals surface area contributed by atoms with Crippen molar-refractivity contribution in [2.45, 2.75) is 20.5 Å². The number of thioether (sulfide) groups is 1. The van der Waals surface area contributed by atoms with E-state index in [-0.39, 0.29) is 11.1 Å². The van der Waals surface area contributed by atoms with Gasteiger partial charge in [-0.3, -0.25) is 14.5 Å². The summed E-state index contributed by atoms with van der Waals surface area (Å²) in [7, 11) is 0. The van der Waals surface area contributed by atoms with Gasteiger partial charge in [-0.25, -0.2) is 0 Å². The van der Waals surface area contributed by atoms with Crippen molar-refractivity contribution in [3.63, 3.8) is 0 Å². The Kier molecular flexibility index (Phi) is 5.24. The number of carbonyl (C=O) groups is 2. The third kappa shape index (κ3) is 4.12. The quantitative estimate of drug-likeness (QED) is 0.735. The van der Waals surface area contributed by atoms with Crippen LogP contribution < -0.4 is 4.74 Å². The van der Waals surface area contributed by atoms with Crippen molar-refractivity contribution in [2.75, 3.05) is 6.54 Å². The lowest BCUT2D eigenvalue weighted by molar-refractivity contribution is -0.122. The number of likely N-dealkylation sites (N-methyl/N-ethyl adjacent to an activating group) is 1. The molecule has 0 bridgehead atoms. The maximum atomic E-state index is 12.1. The second-order valence-corrected chi connectivity index (χ2v) is 6.77. The predicted octanol–water partition coefficient (Wildman–Crippen LogP) is 4.63. The molecule has 2 aromatic carbocycles. The average molecular weight is 353 g/mol. The van der Waals surface area contributed by atoms with E-state index in [1.165, 1.54) is 10.5 Å². The molecule has 2 aromatic rings. The third-order valence-electron chi connectivity index (χ3n) is 3.86. The van der Waals surface area contributed by atoms with Crippen LogP contribution in [0.2, 0.25) is 0 Å². The van der Waals surface area contributed by atoms with E-state index in [0.29, 0.717) is 18.1 Å². The van der Waals surface area contributed by atoms with Crippen molar-refractivity contribution in [2.24, 2.45) is 0 Å². The first kappa shape index (κ1) is 17.3. The molecule has 0 atom stereocenters. The van der Waals surface area contributed by atoms with Gasteiger partial charge in [0.2, 0.25) is 0 Å². The Balaban J connectivity index is 1.65. The fraction of sp³-hybridized carbons (Fsp3) is 0.200. The van der Waals surface area contributed by atoms with Crippen LogP contribution in [0.5, 0.6) is 5.75 Å². The highest BCUT2D eigenvalue weighted by molar-refractivity contribution is 8.18. The zero-order valence-corrected chi connectivity index (χ0v) is 15.0. The van der Waals surface area contributed by atoms with Crippen LogP contribution in [-0.2, 0) is 11.4 Å². The number of aryl methyl sites for hydroxylation is 1. The number of amides is 2. The lowest BCUT2D eigenvalue weighted by Crippen LogP contribution is -2.27. The Morgan fingerprint density at radius 2 is 1.88 bits per heavy atom. The van der Waals surface area contributed by atoms with Gasteiger partial charge in [0.05, 0.1) is 4.91 Å². The first-order valence-electron chi connectivity index (χ1n) is 8.10. The number of carbonyl (C=O) groups excluding carboxylic acids is 2. The summed E-state index contributed by atoms with van der Waals surface area (Å²) in [5.74, 6) is 0.539. The second kappa shape index (κ2) is 7.57. The molecule has 0 aromatic heterocycles. The van der Waals surface area contributed by atoms with Gasteiger partial charge in [-0.05, 0) is 54.9 Å². The van der Waals surface area contributed by atoms with Gasteiger partial charge in [-0.2, -0.15) is 0 Å². The van der Waals surface area contributed by atoms with Gasteiger partial charge in [0, 0.05) is 6.54 Å². The monoisotopic (exact) mass is 353 g/mol. The fourth-order valence-electron chi connectivity index (χ4n) is 2.55. The van der Waals surface area contributed by atoms with E-state index in [4.69, 9.17) is 4.74 Å². The van der Waals surface area contributed by atoms with Crippen LogP contribution in [0, 0.1) is 6.92 Å². The van der Waals surface area contributed by atoms with E-state index in [9.17, 15) is 9.59 Å². The summed E-state index contributed by atoms with van der Waals surface area (Å²) in [6.45, 7) is 4.75. The highest BCUT2D eigenvalue weighted by atomic mass is 32.2. The molecule has 128 valence electrons. The maximum Gasteiger partial charge on any atom is 0.293 e. The van der Waals surface area contributed by atoms with Crippen molar-refractivity contribution in [3.05, 3.63) is 70.1 Å². The Morgan fingerprint density at radius 3 is 2.52 bits per heavy atom. The molecule has 5 heteroatoms. The minimum atomic E-state index is -0.225. The van der Waals surface area contributed by atoms with Gasteiger partial charge in [-0.15, -0.1) is 0 Å². The van der Waals surface area contributed by atoms with Crippen LogP contribution in [0.3, 0.4) is 0 Å². The summed E-state index contributed by atoms with van der Waals surface area (Å²) >= 11 is 0.982.